The highest BCUT2D eigenvalue weighted by Crippen LogP contribution is 2.16. The Labute approximate surface area is 103 Å². The SMILES string of the molecule is COC(=O)c1c(C)nnn1-c1ccc(Cl)cc1. The number of methoxy groups -OCH3 is 1. The molecule has 0 radical (unpaired) electrons. The minimum Gasteiger partial charge on any atom is -0.464 e. The molecule has 6 heteroatoms. The van der Waals surface area contributed by atoms with E-state index in [2.05, 4.69) is 10.3 Å². The van der Waals surface area contributed by atoms with Crippen molar-refractivity contribution in [2.45, 2.75) is 6.92 Å². The van der Waals surface area contributed by atoms with Crippen LogP contribution in [0.25, 0.3) is 5.69 Å². The predicted octanol–water partition coefficient (Wildman–Crippen LogP) is 2.02. The molecule has 0 aliphatic heterocycles. The fraction of sp³-hybridized carbons (Fsp3) is 0.182. The van der Waals surface area contributed by atoms with E-state index in [-0.39, 0.29) is 0 Å². The first-order valence-electron chi connectivity index (χ1n) is 4.90. The normalized spacial score (nSPS) is 10.3. The van der Waals surface area contributed by atoms with Gasteiger partial charge in [0, 0.05) is 5.02 Å². The maximum absolute atomic E-state index is 11.6. The lowest BCUT2D eigenvalue weighted by molar-refractivity contribution is 0.0589. The molecule has 0 aliphatic rings. The van der Waals surface area contributed by atoms with Crippen LogP contribution in [0.15, 0.2) is 24.3 Å². The highest BCUT2D eigenvalue weighted by molar-refractivity contribution is 6.30. The monoisotopic (exact) mass is 251 g/mol. The van der Waals surface area contributed by atoms with Crippen molar-refractivity contribution in [1.82, 2.24) is 15.0 Å². The highest BCUT2D eigenvalue weighted by atomic mass is 35.5. The van der Waals surface area contributed by atoms with Gasteiger partial charge in [-0.25, -0.2) is 9.48 Å². The van der Waals surface area contributed by atoms with Gasteiger partial charge in [-0.05, 0) is 31.2 Å². The summed E-state index contributed by atoms with van der Waals surface area (Å²) in [4.78, 5) is 11.6. The number of aromatic nitrogens is 3. The van der Waals surface area contributed by atoms with E-state index in [1.807, 2.05) is 0 Å². The molecule has 0 saturated carbocycles. The van der Waals surface area contributed by atoms with Crippen LogP contribution in [-0.4, -0.2) is 28.1 Å². The summed E-state index contributed by atoms with van der Waals surface area (Å²) in [7, 11) is 1.32. The Morgan fingerprint density at radius 2 is 2.00 bits per heavy atom. The number of benzene rings is 1. The Kier molecular flexibility index (Phi) is 3.10. The quantitative estimate of drug-likeness (QED) is 0.766. The molecule has 2 rings (SSSR count). The van der Waals surface area contributed by atoms with Crippen LogP contribution in [0.2, 0.25) is 5.02 Å². The number of nitrogens with zero attached hydrogens (tertiary/aromatic N) is 3. The van der Waals surface area contributed by atoms with Crippen LogP contribution in [0, 0.1) is 6.92 Å². The van der Waals surface area contributed by atoms with E-state index >= 15 is 0 Å². The number of rotatable bonds is 2. The second kappa shape index (κ2) is 4.55. The summed E-state index contributed by atoms with van der Waals surface area (Å²) in [5.41, 5.74) is 1.54. The van der Waals surface area contributed by atoms with E-state index in [1.165, 1.54) is 11.8 Å². The maximum Gasteiger partial charge on any atom is 0.358 e. The van der Waals surface area contributed by atoms with E-state index < -0.39 is 5.97 Å². The Hall–Kier alpha value is -1.88. The summed E-state index contributed by atoms with van der Waals surface area (Å²) < 4.78 is 6.12. The van der Waals surface area contributed by atoms with E-state index in [1.54, 1.807) is 31.2 Å². The fourth-order valence-electron chi connectivity index (χ4n) is 1.45. The summed E-state index contributed by atoms with van der Waals surface area (Å²) in [6, 6.07) is 6.94. The van der Waals surface area contributed by atoms with Crippen molar-refractivity contribution >= 4 is 17.6 Å². The molecule has 5 nitrogen and oxygen atoms in total. The van der Waals surface area contributed by atoms with Crippen LogP contribution in [0.5, 0.6) is 0 Å². The van der Waals surface area contributed by atoms with Gasteiger partial charge in [0.1, 0.15) is 0 Å². The number of hydrogen-bond donors (Lipinski definition) is 0. The summed E-state index contributed by atoms with van der Waals surface area (Å²) in [5, 5.41) is 8.39. The van der Waals surface area contributed by atoms with Crippen molar-refractivity contribution in [1.29, 1.82) is 0 Å². The van der Waals surface area contributed by atoms with Crippen LogP contribution in [-0.2, 0) is 4.74 Å². The molecular weight excluding hydrogens is 242 g/mol. The van der Waals surface area contributed by atoms with Gasteiger partial charge in [0.15, 0.2) is 5.69 Å². The molecule has 0 atom stereocenters. The first-order valence-corrected chi connectivity index (χ1v) is 5.28. The number of hydrogen-bond acceptors (Lipinski definition) is 4. The predicted molar refractivity (Wildman–Crippen MR) is 62.4 cm³/mol. The van der Waals surface area contributed by atoms with Gasteiger partial charge in [-0.15, -0.1) is 5.10 Å². The smallest absolute Gasteiger partial charge is 0.358 e. The van der Waals surface area contributed by atoms with Crippen molar-refractivity contribution in [3.8, 4) is 5.69 Å². The molecular formula is C11H10ClN3O2. The summed E-state index contributed by atoms with van der Waals surface area (Å²) in [5.74, 6) is -0.470. The van der Waals surface area contributed by atoms with Crippen LogP contribution in [0.1, 0.15) is 16.2 Å². The van der Waals surface area contributed by atoms with Crippen molar-refractivity contribution in [2.24, 2.45) is 0 Å². The van der Waals surface area contributed by atoms with Crippen molar-refractivity contribution in [3.05, 3.63) is 40.7 Å². The Morgan fingerprint density at radius 1 is 1.35 bits per heavy atom. The molecule has 0 N–H and O–H groups in total. The second-order valence-electron chi connectivity index (χ2n) is 3.40. The van der Waals surface area contributed by atoms with Gasteiger partial charge >= 0.3 is 5.97 Å². The van der Waals surface area contributed by atoms with Gasteiger partial charge in [-0.2, -0.15) is 0 Å². The topological polar surface area (TPSA) is 57.0 Å². The molecule has 2 aromatic rings. The molecule has 0 spiro atoms. The lowest BCUT2D eigenvalue weighted by Crippen LogP contribution is -2.11. The molecule has 0 aliphatic carbocycles. The Balaban J connectivity index is 2.52. The highest BCUT2D eigenvalue weighted by Gasteiger charge is 2.19. The zero-order valence-corrected chi connectivity index (χ0v) is 10.1. The zero-order valence-electron chi connectivity index (χ0n) is 9.35. The van der Waals surface area contributed by atoms with Crippen molar-refractivity contribution in [3.63, 3.8) is 0 Å². The van der Waals surface area contributed by atoms with E-state index in [9.17, 15) is 4.79 Å². The zero-order chi connectivity index (χ0) is 12.4. The number of halogens is 1. The summed E-state index contributed by atoms with van der Waals surface area (Å²) in [6.07, 6.45) is 0. The molecule has 0 fully saturated rings. The average Bonchev–Trinajstić information content (AvgIpc) is 2.71. The summed E-state index contributed by atoms with van der Waals surface area (Å²) in [6.45, 7) is 1.70. The number of carbonyl (C=O) groups is 1. The lowest BCUT2D eigenvalue weighted by atomic mass is 10.3. The molecule has 0 unspecified atom stereocenters. The minimum absolute atomic E-state index is 0.315. The Morgan fingerprint density at radius 3 is 2.59 bits per heavy atom. The number of carbonyl (C=O) groups excluding carboxylic acids is 1. The number of ether oxygens (including phenoxy) is 1. The lowest BCUT2D eigenvalue weighted by Gasteiger charge is -2.05. The average molecular weight is 252 g/mol. The minimum atomic E-state index is -0.470. The van der Waals surface area contributed by atoms with Crippen LogP contribution >= 0.6 is 11.6 Å². The Bertz CT molecular complexity index is 548. The molecule has 88 valence electrons. The number of esters is 1. The largest absolute Gasteiger partial charge is 0.464 e. The van der Waals surface area contributed by atoms with Gasteiger partial charge in [-0.3, -0.25) is 0 Å². The van der Waals surface area contributed by atoms with Gasteiger partial charge in [-0.1, -0.05) is 16.8 Å². The molecule has 17 heavy (non-hydrogen) atoms. The molecule has 1 heterocycles. The van der Waals surface area contributed by atoms with Gasteiger partial charge in [0.05, 0.1) is 18.5 Å². The van der Waals surface area contributed by atoms with Crippen LogP contribution in [0.4, 0.5) is 0 Å². The van der Waals surface area contributed by atoms with Crippen molar-refractivity contribution < 1.29 is 9.53 Å². The van der Waals surface area contributed by atoms with E-state index in [0.29, 0.717) is 22.1 Å². The molecule has 0 amide bonds. The second-order valence-corrected chi connectivity index (χ2v) is 3.84. The molecule has 1 aromatic heterocycles. The van der Waals surface area contributed by atoms with Gasteiger partial charge < -0.3 is 4.74 Å². The van der Waals surface area contributed by atoms with Crippen LogP contribution < -0.4 is 0 Å². The molecule has 0 saturated heterocycles. The fourth-order valence-corrected chi connectivity index (χ4v) is 1.58. The van der Waals surface area contributed by atoms with Crippen LogP contribution in [0.3, 0.4) is 0 Å². The molecule has 1 aromatic carbocycles. The third kappa shape index (κ3) is 2.14. The summed E-state index contributed by atoms with van der Waals surface area (Å²) >= 11 is 5.80. The van der Waals surface area contributed by atoms with E-state index in [0.717, 1.165) is 0 Å². The van der Waals surface area contributed by atoms with Crippen molar-refractivity contribution in [2.75, 3.05) is 7.11 Å². The third-order valence-corrected chi connectivity index (χ3v) is 2.54. The first kappa shape index (κ1) is 11.6. The molecule has 0 bridgehead atoms. The maximum atomic E-state index is 11.6. The van der Waals surface area contributed by atoms with E-state index in [4.69, 9.17) is 16.3 Å². The number of aryl methyl sites for hydroxylation is 1. The van der Waals surface area contributed by atoms with Gasteiger partial charge in [0.25, 0.3) is 0 Å². The third-order valence-electron chi connectivity index (χ3n) is 2.29. The standard InChI is InChI=1S/C11H10ClN3O2/c1-7-10(11(16)17-2)15(14-13-7)9-5-3-8(12)4-6-9/h3-6H,1-2H3. The first-order chi connectivity index (χ1) is 8.13. The van der Waals surface area contributed by atoms with Gasteiger partial charge in [0.2, 0.25) is 0 Å².